The van der Waals surface area contributed by atoms with Crippen LogP contribution in [0.5, 0.6) is 0 Å². The quantitative estimate of drug-likeness (QED) is 0.732. The first-order valence-electron chi connectivity index (χ1n) is 6.54. The molecule has 0 aliphatic carbocycles. The lowest BCUT2D eigenvalue weighted by molar-refractivity contribution is -0.149. The first kappa shape index (κ1) is 11.7. The standard InChI is InChI=1S/C13H17NO4/c15-12(14-6-2-1-3-7-14)10-8-4-5-9(18-8)11(10)13(16)17/h4-5,8-11H,1-3,6-7H2,(H,16,17)/t8-,9+,10-,11+/m1/s1. The molecule has 3 rings (SSSR count). The van der Waals surface area contributed by atoms with E-state index in [2.05, 4.69) is 0 Å². The van der Waals surface area contributed by atoms with Crippen molar-refractivity contribution >= 4 is 11.9 Å². The van der Waals surface area contributed by atoms with Gasteiger partial charge in [-0.1, -0.05) is 12.2 Å². The van der Waals surface area contributed by atoms with Crippen molar-refractivity contribution in [3.8, 4) is 0 Å². The fourth-order valence-electron chi connectivity index (χ4n) is 3.22. The molecular weight excluding hydrogens is 234 g/mol. The highest BCUT2D eigenvalue weighted by Gasteiger charge is 2.54. The molecule has 98 valence electrons. The van der Waals surface area contributed by atoms with Crippen molar-refractivity contribution in [1.82, 2.24) is 4.90 Å². The van der Waals surface area contributed by atoms with E-state index in [0.29, 0.717) is 0 Å². The van der Waals surface area contributed by atoms with Crippen LogP contribution in [0.4, 0.5) is 0 Å². The average molecular weight is 251 g/mol. The third-order valence-electron chi connectivity index (χ3n) is 4.14. The smallest absolute Gasteiger partial charge is 0.310 e. The molecule has 0 aromatic rings. The van der Waals surface area contributed by atoms with E-state index in [4.69, 9.17) is 4.74 Å². The summed E-state index contributed by atoms with van der Waals surface area (Å²) in [5, 5.41) is 9.27. The van der Waals surface area contributed by atoms with Crippen LogP contribution in [0, 0.1) is 11.8 Å². The second-order valence-electron chi connectivity index (χ2n) is 5.23. The number of rotatable bonds is 2. The Morgan fingerprint density at radius 2 is 1.67 bits per heavy atom. The summed E-state index contributed by atoms with van der Waals surface area (Å²) in [6.07, 6.45) is 6.01. The zero-order chi connectivity index (χ0) is 12.7. The Balaban J connectivity index is 1.79. The molecule has 18 heavy (non-hydrogen) atoms. The Morgan fingerprint density at radius 3 is 2.28 bits per heavy atom. The highest BCUT2D eigenvalue weighted by molar-refractivity contribution is 5.87. The predicted molar refractivity (Wildman–Crippen MR) is 62.8 cm³/mol. The van der Waals surface area contributed by atoms with Crippen LogP contribution in [0.25, 0.3) is 0 Å². The Kier molecular flexibility index (Phi) is 2.86. The van der Waals surface area contributed by atoms with E-state index in [1.54, 1.807) is 6.08 Å². The number of carbonyl (C=O) groups is 2. The lowest BCUT2D eigenvalue weighted by Gasteiger charge is -2.31. The van der Waals surface area contributed by atoms with Gasteiger partial charge in [0.2, 0.25) is 5.91 Å². The van der Waals surface area contributed by atoms with Gasteiger partial charge in [0, 0.05) is 13.1 Å². The summed E-state index contributed by atoms with van der Waals surface area (Å²) in [6.45, 7) is 1.51. The maximum atomic E-state index is 12.5. The van der Waals surface area contributed by atoms with Gasteiger partial charge in [0.1, 0.15) is 5.92 Å². The number of carboxylic acid groups (broad SMARTS) is 1. The van der Waals surface area contributed by atoms with Crippen molar-refractivity contribution in [2.45, 2.75) is 31.5 Å². The zero-order valence-electron chi connectivity index (χ0n) is 10.1. The number of fused-ring (bicyclic) bond motifs is 2. The van der Waals surface area contributed by atoms with Gasteiger partial charge in [0.15, 0.2) is 0 Å². The summed E-state index contributed by atoms with van der Waals surface area (Å²) in [4.78, 5) is 25.6. The zero-order valence-corrected chi connectivity index (χ0v) is 10.1. The molecule has 1 N–H and O–H groups in total. The summed E-state index contributed by atoms with van der Waals surface area (Å²) in [5.41, 5.74) is 0. The molecule has 4 atom stereocenters. The topological polar surface area (TPSA) is 66.8 Å². The monoisotopic (exact) mass is 251 g/mol. The summed E-state index contributed by atoms with van der Waals surface area (Å²) in [5.74, 6) is -2.22. The minimum Gasteiger partial charge on any atom is -0.481 e. The van der Waals surface area contributed by atoms with Crippen LogP contribution in [-0.2, 0) is 14.3 Å². The molecular formula is C13H17NO4. The molecule has 2 bridgehead atoms. The molecule has 0 spiro atoms. The molecule has 5 nitrogen and oxygen atoms in total. The Bertz CT molecular complexity index is 400. The number of hydrogen-bond acceptors (Lipinski definition) is 3. The normalized spacial score (nSPS) is 38.1. The van der Waals surface area contributed by atoms with Crippen molar-refractivity contribution < 1.29 is 19.4 Å². The molecule has 0 saturated carbocycles. The Labute approximate surface area is 105 Å². The third kappa shape index (κ3) is 1.73. The summed E-state index contributed by atoms with van der Waals surface area (Å²) < 4.78 is 5.53. The highest BCUT2D eigenvalue weighted by atomic mass is 16.5. The maximum Gasteiger partial charge on any atom is 0.310 e. The summed E-state index contributed by atoms with van der Waals surface area (Å²) in [6, 6.07) is 0. The Hall–Kier alpha value is -1.36. The van der Waals surface area contributed by atoms with Crippen LogP contribution in [-0.4, -0.2) is 47.2 Å². The molecule has 0 aromatic heterocycles. The number of piperidine rings is 1. The summed E-state index contributed by atoms with van der Waals surface area (Å²) >= 11 is 0. The second kappa shape index (κ2) is 4.39. The van der Waals surface area contributed by atoms with Gasteiger partial charge in [-0.05, 0) is 19.3 Å². The molecule has 0 radical (unpaired) electrons. The molecule has 2 saturated heterocycles. The number of amides is 1. The van der Waals surface area contributed by atoms with Crippen LogP contribution in [0.3, 0.4) is 0 Å². The molecule has 0 unspecified atom stereocenters. The van der Waals surface area contributed by atoms with Gasteiger partial charge in [-0.25, -0.2) is 0 Å². The molecule has 3 aliphatic rings. The fraction of sp³-hybridized carbons (Fsp3) is 0.692. The van der Waals surface area contributed by atoms with Crippen LogP contribution in [0.1, 0.15) is 19.3 Å². The van der Waals surface area contributed by atoms with Crippen molar-refractivity contribution in [2.75, 3.05) is 13.1 Å². The minimum absolute atomic E-state index is 0.0426. The number of carboxylic acids is 1. The Morgan fingerprint density at radius 1 is 1.06 bits per heavy atom. The van der Waals surface area contributed by atoms with E-state index >= 15 is 0 Å². The van der Waals surface area contributed by atoms with Crippen molar-refractivity contribution in [2.24, 2.45) is 11.8 Å². The SMILES string of the molecule is O=C(O)[C@@H]1[C@H](C(=O)N2CCCCC2)[C@H]2C=C[C@@H]1O2. The van der Waals surface area contributed by atoms with Gasteiger partial charge in [-0.15, -0.1) is 0 Å². The van der Waals surface area contributed by atoms with Gasteiger partial charge in [0.25, 0.3) is 0 Å². The van der Waals surface area contributed by atoms with E-state index < -0.39 is 23.9 Å². The lowest BCUT2D eigenvalue weighted by atomic mass is 9.82. The predicted octanol–water partition coefficient (Wildman–Crippen LogP) is 0.653. The number of likely N-dealkylation sites (tertiary alicyclic amines) is 1. The maximum absolute atomic E-state index is 12.5. The molecule has 1 amide bonds. The van der Waals surface area contributed by atoms with Gasteiger partial charge >= 0.3 is 5.97 Å². The molecule has 0 aromatic carbocycles. The van der Waals surface area contributed by atoms with E-state index in [-0.39, 0.29) is 12.0 Å². The van der Waals surface area contributed by atoms with Crippen LogP contribution in [0.15, 0.2) is 12.2 Å². The number of ether oxygens (including phenoxy) is 1. The van der Waals surface area contributed by atoms with E-state index in [9.17, 15) is 14.7 Å². The third-order valence-corrected chi connectivity index (χ3v) is 4.14. The molecule has 5 heteroatoms. The largest absolute Gasteiger partial charge is 0.481 e. The van der Waals surface area contributed by atoms with Gasteiger partial charge < -0.3 is 14.7 Å². The van der Waals surface area contributed by atoms with E-state index in [1.807, 2.05) is 11.0 Å². The highest BCUT2D eigenvalue weighted by Crippen LogP contribution is 2.40. The second-order valence-corrected chi connectivity index (χ2v) is 5.23. The lowest BCUT2D eigenvalue weighted by Crippen LogP contribution is -2.46. The first-order chi connectivity index (χ1) is 8.68. The number of carbonyl (C=O) groups excluding carboxylic acids is 1. The summed E-state index contributed by atoms with van der Waals surface area (Å²) in [7, 11) is 0. The first-order valence-corrected chi connectivity index (χ1v) is 6.54. The van der Waals surface area contributed by atoms with Crippen LogP contribution < -0.4 is 0 Å². The molecule has 3 aliphatic heterocycles. The molecule has 2 fully saturated rings. The van der Waals surface area contributed by atoms with E-state index in [1.165, 1.54) is 0 Å². The van der Waals surface area contributed by atoms with Gasteiger partial charge in [-0.2, -0.15) is 0 Å². The van der Waals surface area contributed by atoms with Crippen molar-refractivity contribution in [1.29, 1.82) is 0 Å². The minimum atomic E-state index is -0.929. The number of nitrogens with zero attached hydrogens (tertiary/aromatic N) is 1. The van der Waals surface area contributed by atoms with Gasteiger partial charge in [-0.3, -0.25) is 9.59 Å². The van der Waals surface area contributed by atoms with Crippen molar-refractivity contribution in [3.05, 3.63) is 12.2 Å². The fourth-order valence-corrected chi connectivity index (χ4v) is 3.22. The average Bonchev–Trinajstić information content (AvgIpc) is 2.99. The molecule has 3 heterocycles. The van der Waals surface area contributed by atoms with Crippen LogP contribution in [0.2, 0.25) is 0 Å². The van der Waals surface area contributed by atoms with Gasteiger partial charge in [0.05, 0.1) is 18.1 Å². The van der Waals surface area contributed by atoms with E-state index in [0.717, 1.165) is 32.4 Å². The van der Waals surface area contributed by atoms with Crippen LogP contribution >= 0.6 is 0 Å². The number of hydrogen-bond donors (Lipinski definition) is 1. The van der Waals surface area contributed by atoms with Crippen molar-refractivity contribution in [3.63, 3.8) is 0 Å². The number of aliphatic carboxylic acids is 1.